The predicted octanol–water partition coefficient (Wildman–Crippen LogP) is 3.59. The summed E-state index contributed by atoms with van der Waals surface area (Å²) in [6.07, 6.45) is 4.54. The van der Waals surface area contributed by atoms with Crippen molar-refractivity contribution in [3.63, 3.8) is 0 Å². The molecule has 0 N–H and O–H groups in total. The molecular weight excluding hydrogens is 272 g/mol. The molecule has 3 nitrogen and oxygen atoms in total. The number of hydrogen-bond acceptors (Lipinski definition) is 4. The number of rotatable bonds is 5. The molecule has 4 heteroatoms. The normalized spacial score (nSPS) is 19.1. The van der Waals surface area contributed by atoms with Crippen molar-refractivity contribution >= 4 is 23.5 Å². The molecule has 106 valence electrons. The fourth-order valence-corrected chi connectivity index (χ4v) is 3.38. The van der Waals surface area contributed by atoms with Gasteiger partial charge in [0.15, 0.2) is 0 Å². The van der Waals surface area contributed by atoms with E-state index in [9.17, 15) is 9.59 Å². The zero-order valence-corrected chi connectivity index (χ0v) is 12.3. The summed E-state index contributed by atoms with van der Waals surface area (Å²) in [7, 11) is 1.38. The quantitative estimate of drug-likeness (QED) is 0.472. The Labute approximate surface area is 123 Å². The van der Waals surface area contributed by atoms with E-state index in [1.165, 1.54) is 7.11 Å². The minimum absolute atomic E-state index is 0.331. The highest BCUT2D eigenvalue weighted by Crippen LogP contribution is 2.35. The third kappa shape index (κ3) is 4.53. The molecule has 0 spiro atoms. The van der Waals surface area contributed by atoms with Crippen LogP contribution in [0.15, 0.2) is 46.2 Å². The highest BCUT2D eigenvalue weighted by Gasteiger charge is 2.23. The van der Waals surface area contributed by atoms with Gasteiger partial charge in [0.1, 0.15) is 5.78 Å². The van der Waals surface area contributed by atoms with E-state index in [4.69, 9.17) is 4.74 Å². The standard InChI is InChI=1S/C16H18O3S/c1-19-16(18)11-15(10-12-7-8-13(17)9-12)20-14-5-3-2-4-6-14/h2-6,11-12H,7-10H2,1H3/b15-11+. The molecule has 1 aromatic carbocycles. The number of thioether (sulfide) groups is 1. The van der Waals surface area contributed by atoms with Gasteiger partial charge >= 0.3 is 5.97 Å². The minimum atomic E-state index is -0.340. The molecule has 1 aromatic rings. The first-order valence-corrected chi connectivity index (χ1v) is 7.52. The number of allylic oxidation sites excluding steroid dienone is 1. The molecule has 0 bridgehead atoms. The molecule has 1 unspecified atom stereocenters. The summed E-state index contributed by atoms with van der Waals surface area (Å²) < 4.78 is 4.71. The van der Waals surface area contributed by atoms with Gasteiger partial charge in [0, 0.05) is 23.8 Å². The lowest BCUT2D eigenvalue weighted by molar-refractivity contribution is -0.134. The molecule has 0 aromatic heterocycles. The van der Waals surface area contributed by atoms with E-state index >= 15 is 0 Å². The van der Waals surface area contributed by atoms with Crippen molar-refractivity contribution in [1.82, 2.24) is 0 Å². The Morgan fingerprint density at radius 3 is 2.75 bits per heavy atom. The van der Waals surface area contributed by atoms with Crippen LogP contribution in [0.2, 0.25) is 0 Å². The smallest absolute Gasteiger partial charge is 0.331 e. The van der Waals surface area contributed by atoms with Crippen molar-refractivity contribution in [3.8, 4) is 0 Å². The van der Waals surface area contributed by atoms with Gasteiger partial charge in [0.25, 0.3) is 0 Å². The van der Waals surface area contributed by atoms with E-state index in [0.29, 0.717) is 24.5 Å². The molecule has 0 amide bonds. The highest BCUT2D eigenvalue weighted by molar-refractivity contribution is 8.03. The van der Waals surface area contributed by atoms with Crippen LogP contribution in [-0.2, 0) is 14.3 Å². The number of methoxy groups -OCH3 is 1. The molecule has 0 saturated heterocycles. The van der Waals surface area contributed by atoms with Gasteiger partial charge in [-0.05, 0) is 35.8 Å². The van der Waals surface area contributed by atoms with E-state index < -0.39 is 0 Å². The first-order valence-electron chi connectivity index (χ1n) is 6.70. The van der Waals surface area contributed by atoms with Crippen molar-refractivity contribution in [3.05, 3.63) is 41.3 Å². The largest absolute Gasteiger partial charge is 0.466 e. The van der Waals surface area contributed by atoms with E-state index in [2.05, 4.69) is 0 Å². The summed E-state index contributed by atoms with van der Waals surface area (Å²) in [5.41, 5.74) is 0. The van der Waals surface area contributed by atoms with Crippen molar-refractivity contribution in [2.45, 2.75) is 30.6 Å². The van der Waals surface area contributed by atoms with Crippen molar-refractivity contribution < 1.29 is 14.3 Å². The monoisotopic (exact) mass is 290 g/mol. The maximum Gasteiger partial charge on any atom is 0.331 e. The molecule has 20 heavy (non-hydrogen) atoms. The Morgan fingerprint density at radius 1 is 1.40 bits per heavy atom. The van der Waals surface area contributed by atoms with E-state index in [-0.39, 0.29) is 5.97 Å². The predicted molar refractivity (Wildman–Crippen MR) is 79.4 cm³/mol. The Morgan fingerprint density at radius 2 is 2.15 bits per heavy atom. The Hall–Kier alpha value is -1.55. The zero-order chi connectivity index (χ0) is 14.4. The summed E-state index contributed by atoms with van der Waals surface area (Å²) in [6, 6.07) is 9.92. The van der Waals surface area contributed by atoms with Gasteiger partial charge in [-0.2, -0.15) is 0 Å². The van der Waals surface area contributed by atoms with Crippen LogP contribution in [0.25, 0.3) is 0 Å². The third-order valence-corrected chi connectivity index (χ3v) is 4.36. The minimum Gasteiger partial charge on any atom is -0.466 e. The second-order valence-electron chi connectivity index (χ2n) is 4.90. The molecule has 1 atom stereocenters. The van der Waals surface area contributed by atoms with E-state index in [1.54, 1.807) is 17.8 Å². The van der Waals surface area contributed by atoms with Crippen LogP contribution in [0.4, 0.5) is 0 Å². The van der Waals surface area contributed by atoms with Crippen LogP contribution in [-0.4, -0.2) is 18.9 Å². The average molecular weight is 290 g/mol. The number of ketones is 1. The van der Waals surface area contributed by atoms with E-state index in [1.807, 2.05) is 30.3 Å². The van der Waals surface area contributed by atoms with E-state index in [0.717, 1.165) is 22.6 Å². The molecule has 0 heterocycles. The second-order valence-corrected chi connectivity index (χ2v) is 6.10. The number of ether oxygens (including phenoxy) is 1. The first kappa shape index (κ1) is 14.9. The fraction of sp³-hybridized carbons (Fsp3) is 0.375. The van der Waals surface area contributed by atoms with Gasteiger partial charge in [-0.1, -0.05) is 30.0 Å². The highest BCUT2D eigenvalue weighted by atomic mass is 32.2. The number of hydrogen-bond donors (Lipinski definition) is 0. The van der Waals surface area contributed by atoms with Gasteiger partial charge in [-0.3, -0.25) is 4.79 Å². The molecule has 2 rings (SSSR count). The molecule has 1 aliphatic rings. The Balaban J connectivity index is 2.06. The van der Waals surface area contributed by atoms with Gasteiger partial charge in [0.2, 0.25) is 0 Å². The van der Waals surface area contributed by atoms with Gasteiger partial charge in [0.05, 0.1) is 7.11 Å². The fourth-order valence-electron chi connectivity index (χ4n) is 2.31. The summed E-state index contributed by atoms with van der Waals surface area (Å²) in [4.78, 5) is 24.9. The maximum absolute atomic E-state index is 11.5. The third-order valence-electron chi connectivity index (χ3n) is 3.31. The van der Waals surface area contributed by atoms with Crippen LogP contribution in [0, 0.1) is 5.92 Å². The Kier molecular flexibility index (Phi) is 5.41. The maximum atomic E-state index is 11.5. The lowest BCUT2D eigenvalue weighted by Crippen LogP contribution is -2.00. The molecule has 1 fully saturated rings. The van der Waals surface area contributed by atoms with Crippen LogP contribution in [0.3, 0.4) is 0 Å². The van der Waals surface area contributed by atoms with Gasteiger partial charge in [-0.25, -0.2) is 4.79 Å². The molecule has 0 aliphatic heterocycles. The summed E-state index contributed by atoms with van der Waals surface area (Å²) in [5, 5.41) is 0. The molecule has 0 radical (unpaired) electrons. The zero-order valence-electron chi connectivity index (χ0n) is 11.5. The average Bonchev–Trinajstić information content (AvgIpc) is 2.85. The lowest BCUT2D eigenvalue weighted by Gasteiger charge is -2.11. The summed E-state index contributed by atoms with van der Waals surface area (Å²) in [6.45, 7) is 0. The van der Waals surface area contributed by atoms with Crippen LogP contribution >= 0.6 is 11.8 Å². The second kappa shape index (κ2) is 7.29. The van der Waals surface area contributed by atoms with Crippen LogP contribution in [0.5, 0.6) is 0 Å². The van der Waals surface area contributed by atoms with Crippen molar-refractivity contribution in [1.29, 1.82) is 0 Å². The molecule has 1 saturated carbocycles. The number of Topliss-reactive ketones (excluding diaryl/α,β-unsaturated/α-hetero) is 1. The lowest BCUT2D eigenvalue weighted by atomic mass is 10.0. The number of carbonyl (C=O) groups is 2. The number of benzene rings is 1. The molecular formula is C16H18O3S. The molecule has 1 aliphatic carbocycles. The Bertz CT molecular complexity index is 508. The van der Waals surface area contributed by atoms with Crippen LogP contribution < -0.4 is 0 Å². The van der Waals surface area contributed by atoms with Crippen molar-refractivity contribution in [2.75, 3.05) is 7.11 Å². The topological polar surface area (TPSA) is 43.4 Å². The first-order chi connectivity index (χ1) is 9.67. The van der Waals surface area contributed by atoms with Crippen molar-refractivity contribution in [2.24, 2.45) is 5.92 Å². The number of esters is 1. The summed E-state index contributed by atoms with van der Waals surface area (Å²) >= 11 is 1.57. The SMILES string of the molecule is COC(=O)/C=C(\CC1CCC(=O)C1)Sc1ccccc1. The van der Waals surface area contributed by atoms with Gasteiger partial charge < -0.3 is 4.74 Å². The number of carbonyl (C=O) groups excluding carboxylic acids is 2. The van der Waals surface area contributed by atoms with Gasteiger partial charge in [-0.15, -0.1) is 0 Å². The summed E-state index contributed by atoms with van der Waals surface area (Å²) in [5.74, 6) is 0.347. The van der Waals surface area contributed by atoms with Crippen LogP contribution in [0.1, 0.15) is 25.7 Å².